The van der Waals surface area contributed by atoms with Crippen molar-refractivity contribution in [3.05, 3.63) is 23.8 Å². The molecule has 25 heavy (non-hydrogen) atoms. The van der Waals surface area contributed by atoms with E-state index in [4.69, 9.17) is 14.2 Å². The first-order valence-corrected chi connectivity index (χ1v) is 8.96. The van der Waals surface area contributed by atoms with E-state index >= 15 is 0 Å². The van der Waals surface area contributed by atoms with Crippen LogP contribution in [0.1, 0.15) is 39.2 Å². The number of ether oxygens (including phenoxy) is 3. The summed E-state index contributed by atoms with van der Waals surface area (Å²) in [6.07, 6.45) is 2.46. The molecule has 0 N–H and O–H groups in total. The molecule has 0 radical (unpaired) electrons. The van der Waals surface area contributed by atoms with Crippen LogP contribution >= 0.6 is 0 Å². The number of rotatable bonds is 6. The molecule has 2 aliphatic rings. The number of carbonyl (C=O) groups excluding carboxylic acids is 1. The fraction of sp³-hybridized carbons (Fsp3) is 0.650. The lowest BCUT2D eigenvalue weighted by Gasteiger charge is -2.43. The Balaban J connectivity index is 1.69. The molecular weight excluding hydrogens is 318 g/mol. The standard InChI is InChI=1S/C20H29NO4/c1-19(2,13-23-4)11-21-12-20(3,8-7-18(21)22)10-15-5-6-16-17(9-15)25-14-24-16/h5-6,9H,7-8,10-14H2,1-4H3/t20-/m0/s1. The van der Waals surface area contributed by atoms with Crippen LogP contribution in [0.4, 0.5) is 0 Å². The zero-order chi connectivity index (χ0) is 18.1. The lowest BCUT2D eigenvalue weighted by atomic mass is 9.76. The van der Waals surface area contributed by atoms with Crippen LogP contribution in [-0.2, 0) is 16.0 Å². The topological polar surface area (TPSA) is 48.0 Å². The van der Waals surface area contributed by atoms with Crippen molar-refractivity contribution in [2.75, 3.05) is 33.6 Å². The van der Waals surface area contributed by atoms with Crippen LogP contribution in [0.2, 0.25) is 0 Å². The maximum Gasteiger partial charge on any atom is 0.231 e. The average Bonchev–Trinajstić information content (AvgIpc) is 2.98. The van der Waals surface area contributed by atoms with Gasteiger partial charge < -0.3 is 19.1 Å². The van der Waals surface area contributed by atoms with Crippen molar-refractivity contribution < 1.29 is 19.0 Å². The Morgan fingerprint density at radius 2 is 2.04 bits per heavy atom. The summed E-state index contributed by atoms with van der Waals surface area (Å²) < 4.78 is 16.2. The predicted octanol–water partition coefficient (Wildman–Crippen LogP) is 3.26. The Kier molecular flexibility index (Phi) is 4.96. The summed E-state index contributed by atoms with van der Waals surface area (Å²) in [4.78, 5) is 14.4. The average molecular weight is 347 g/mol. The number of amides is 1. The second kappa shape index (κ2) is 6.87. The van der Waals surface area contributed by atoms with E-state index in [1.807, 2.05) is 11.0 Å². The van der Waals surface area contributed by atoms with Crippen molar-refractivity contribution in [1.29, 1.82) is 0 Å². The quantitative estimate of drug-likeness (QED) is 0.792. The molecule has 0 aliphatic carbocycles. The molecular formula is C20H29NO4. The zero-order valence-corrected chi connectivity index (χ0v) is 15.8. The minimum Gasteiger partial charge on any atom is -0.454 e. The third-order valence-corrected chi connectivity index (χ3v) is 5.09. The maximum atomic E-state index is 12.4. The van der Waals surface area contributed by atoms with Crippen molar-refractivity contribution in [3.63, 3.8) is 0 Å². The van der Waals surface area contributed by atoms with Crippen LogP contribution in [0.3, 0.4) is 0 Å². The first-order chi connectivity index (χ1) is 11.8. The number of piperidine rings is 1. The summed E-state index contributed by atoms with van der Waals surface area (Å²) in [5.41, 5.74) is 1.27. The third kappa shape index (κ3) is 4.27. The molecule has 0 unspecified atom stereocenters. The number of carbonyl (C=O) groups is 1. The molecule has 5 heteroatoms. The minimum absolute atomic E-state index is 0.0403. The van der Waals surface area contributed by atoms with E-state index in [1.165, 1.54) is 5.56 Å². The summed E-state index contributed by atoms with van der Waals surface area (Å²) in [5, 5.41) is 0. The molecule has 0 bridgehead atoms. The van der Waals surface area contributed by atoms with Crippen molar-refractivity contribution in [2.45, 2.75) is 40.0 Å². The largest absolute Gasteiger partial charge is 0.454 e. The number of likely N-dealkylation sites (tertiary alicyclic amines) is 1. The van der Waals surface area contributed by atoms with Gasteiger partial charge in [-0.3, -0.25) is 4.79 Å². The second-order valence-corrected chi connectivity index (χ2v) is 8.52. The maximum absolute atomic E-state index is 12.4. The second-order valence-electron chi connectivity index (χ2n) is 8.52. The lowest BCUT2D eigenvalue weighted by Crippen LogP contribution is -2.50. The molecule has 2 aliphatic heterocycles. The summed E-state index contributed by atoms with van der Waals surface area (Å²) in [6, 6.07) is 6.16. The Labute approximate surface area is 150 Å². The molecule has 1 aromatic carbocycles. The molecule has 1 fully saturated rings. The van der Waals surface area contributed by atoms with Crippen LogP contribution in [0, 0.1) is 10.8 Å². The van der Waals surface area contributed by atoms with Gasteiger partial charge in [-0.25, -0.2) is 0 Å². The smallest absolute Gasteiger partial charge is 0.231 e. The van der Waals surface area contributed by atoms with Gasteiger partial charge in [0.15, 0.2) is 11.5 Å². The van der Waals surface area contributed by atoms with Crippen LogP contribution < -0.4 is 9.47 Å². The Hall–Kier alpha value is -1.75. The van der Waals surface area contributed by atoms with Gasteiger partial charge in [-0.2, -0.15) is 0 Å². The highest BCUT2D eigenvalue weighted by atomic mass is 16.7. The van der Waals surface area contributed by atoms with Gasteiger partial charge >= 0.3 is 0 Å². The molecule has 5 nitrogen and oxygen atoms in total. The van der Waals surface area contributed by atoms with Crippen molar-refractivity contribution in [2.24, 2.45) is 10.8 Å². The van der Waals surface area contributed by atoms with E-state index in [0.29, 0.717) is 19.8 Å². The van der Waals surface area contributed by atoms with Crippen LogP contribution in [0.5, 0.6) is 11.5 Å². The first-order valence-electron chi connectivity index (χ1n) is 8.96. The van der Waals surface area contributed by atoms with Gasteiger partial charge in [0.05, 0.1) is 6.61 Å². The molecule has 0 saturated carbocycles. The molecule has 0 aromatic heterocycles. The number of methoxy groups -OCH3 is 1. The van der Waals surface area contributed by atoms with E-state index in [9.17, 15) is 4.79 Å². The van der Waals surface area contributed by atoms with E-state index in [-0.39, 0.29) is 16.7 Å². The zero-order valence-electron chi connectivity index (χ0n) is 15.8. The molecule has 1 saturated heterocycles. The van der Waals surface area contributed by atoms with E-state index in [1.54, 1.807) is 7.11 Å². The van der Waals surface area contributed by atoms with E-state index in [2.05, 4.69) is 32.9 Å². The van der Waals surface area contributed by atoms with Crippen LogP contribution in [0.25, 0.3) is 0 Å². The molecule has 1 amide bonds. The van der Waals surface area contributed by atoms with E-state index in [0.717, 1.165) is 37.4 Å². The highest BCUT2D eigenvalue weighted by Gasteiger charge is 2.37. The molecule has 1 aromatic rings. The Morgan fingerprint density at radius 3 is 2.80 bits per heavy atom. The molecule has 0 spiro atoms. The molecule has 2 heterocycles. The van der Waals surface area contributed by atoms with Gasteiger partial charge in [-0.05, 0) is 36.0 Å². The van der Waals surface area contributed by atoms with E-state index < -0.39 is 0 Å². The van der Waals surface area contributed by atoms with Crippen molar-refractivity contribution in [3.8, 4) is 11.5 Å². The number of hydrogen-bond donors (Lipinski definition) is 0. The van der Waals surface area contributed by atoms with Crippen molar-refractivity contribution in [1.82, 2.24) is 4.90 Å². The molecule has 3 rings (SSSR count). The van der Waals surface area contributed by atoms with Gasteiger partial charge in [0.25, 0.3) is 0 Å². The predicted molar refractivity (Wildman–Crippen MR) is 95.8 cm³/mol. The summed E-state index contributed by atoms with van der Waals surface area (Å²) in [6.45, 7) is 9.04. The number of benzene rings is 1. The fourth-order valence-corrected chi connectivity index (χ4v) is 3.98. The normalized spacial score (nSPS) is 23.2. The SMILES string of the molecule is COCC(C)(C)CN1C[C@](C)(Cc2ccc3c(c2)OCO3)CCC1=O. The third-order valence-electron chi connectivity index (χ3n) is 5.09. The first kappa shape index (κ1) is 18.1. The summed E-state index contributed by atoms with van der Waals surface area (Å²) in [5.74, 6) is 1.90. The summed E-state index contributed by atoms with van der Waals surface area (Å²) in [7, 11) is 1.71. The Bertz CT molecular complexity index is 643. The van der Waals surface area contributed by atoms with Gasteiger partial charge in [-0.1, -0.05) is 26.8 Å². The molecule has 138 valence electrons. The van der Waals surface area contributed by atoms with Crippen LogP contribution in [-0.4, -0.2) is 44.4 Å². The summed E-state index contributed by atoms with van der Waals surface area (Å²) >= 11 is 0. The van der Waals surface area contributed by atoms with Gasteiger partial charge in [0.2, 0.25) is 12.7 Å². The monoisotopic (exact) mass is 347 g/mol. The molecule has 1 atom stereocenters. The minimum atomic E-state index is -0.0403. The number of nitrogens with zero attached hydrogens (tertiary/aromatic N) is 1. The number of fused-ring (bicyclic) bond motifs is 1. The van der Waals surface area contributed by atoms with Crippen LogP contribution in [0.15, 0.2) is 18.2 Å². The lowest BCUT2D eigenvalue weighted by molar-refractivity contribution is -0.139. The highest BCUT2D eigenvalue weighted by molar-refractivity contribution is 5.77. The van der Waals surface area contributed by atoms with Crippen molar-refractivity contribution >= 4 is 5.91 Å². The highest BCUT2D eigenvalue weighted by Crippen LogP contribution is 2.38. The van der Waals surface area contributed by atoms with Gasteiger partial charge in [-0.15, -0.1) is 0 Å². The fourth-order valence-electron chi connectivity index (χ4n) is 3.98. The Morgan fingerprint density at radius 1 is 1.28 bits per heavy atom. The van der Waals surface area contributed by atoms with Gasteiger partial charge in [0, 0.05) is 32.0 Å². The van der Waals surface area contributed by atoms with Gasteiger partial charge in [0.1, 0.15) is 0 Å². The number of hydrogen-bond acceptors (Lipinski definition) is 4.